The fourth-order valence-corrected chi connectivity index (χ4v) is 4.54. The molecular formula is C19H17ClN2O4S. The third kappa shape index (κ3) is 4.30. The van der Waals surface area contributed by atoms with Gasteiger partial charge in [0.05, 0.1) is 27.1 Å². The molecule has 27 heavy (non-hydrogen) atoms. The highest BCUT2D eigenvalue weighted by Gasteiger charge is 2.28. The lowest BCUT2D eigenvalue weighted by molar-refractivity contribution is 0.0472. The highest BCUT2D eigenvalue weighted by Crippen LogP contribution is 2.26. The monoisotopic (exact) mass is 404 g/mol. The lowest BCUT2D eigenvalue weighted by Gasteiger charge is -2.16. The molecule has 0 spiro atoms. The normalized spacial score (nSPS) is 14.7. The third-order valence-corrected chi connectivity index (χ3v) is 6.54. The summed E-state index contributed by atoms with van der Waals surface area (Å²) >= 11 is 6.08. The first kappa shape index (κ1) is 19.4. The van der Waals surface area contributed by atoms with E-state index in [0.717, 1.165) is 12.8 Å². The summed E-state index contributed by atoms with van der Waals surface area (Å²) in [4.78, 5) is 12.4. The second-order valence-corrected chi connectivity index (χ2v) is 8.48. The van der Waals surface area contributed by atoms with Crippen molar-refractivity contribution in [2.75, 3.05) is 13.1 Å². The van der Waals surface area contributed by atoms with E-state index >= 15 is 0 Å². The Morgan fingerprint density at radius 3 is 2.44 bits per heavy atom. The molecule has 0 amide bonds. The first-order valence-corrected chi connectivity index (χ1v) is 10.2. The van der Waals surface area contributed by atoms with Gasteiger partial charge in [-0.1, -0.05) is 23.7 Å². The van der Waals surface area contributed by atoms with Crippen molar-refractivity contribution in [3.05, 3.63) is 64.2 Å². The van der Waals surface area contributed by atoms with Crippen LogP contribution in [-0.4, -0.2) is 31.8 Å². The molecule has 1 fully saturated rings. The van der Waals surface area contributed by atoms with Gasteiger partial charge in [-0.2, -0.15) is 9.57 Å². The Kier molecular flexibility index (Phi) is 5.80. The van der Waals surface area contributed by atoms with Gasteiger partial charge in [-0.05, 0) is 48.7 Å². The molecule has 0 unspecified atom stereocenters. The van der Waals surface area contributed by atoms with Crippen molar-refractivity contribution in [3.63, 3.8) is 0 Å². The van der Waals surface area contributed by atoms with Crippen LogP contribution in [0, 0.1) is 11.3 Å². The number of carbonyl (C=O) groups is 1. The van der Waals surface area contributed by atoms with E-state index in [9.17, 15) is 13.2 Å². The second kappa shape index (κ2) is 8.09. The van der Waals surface area contributed by atoms with Gasteiger partial charge >= 0.3 is 5.97 Å². The summed E-state index contributed by atoms with van der Waals surface area (Å²) in [6.07, 6.45) is 1.65. The van der Waals surface area contributed by atoms with Crippen LogP contribution in [-0.2, 0) is 21.4 Å². The number of nitriles is 1. The zero-order chi connectivity index (χ0) is 19.4. The average Bonchev–Trinajstić information content (AvgIpc) is 3.22. The molecule has 1 aliphatic heterocycles. The molecule has 8 heteroatoms. The van der Waals surface area contributed by atoms with Crippen LogP contribution >= 0.6 is 11.6 Å². The molecule has 0 atom stereocenters. The number of hydrogen-bond donors (Lipinski definition) is 0. The number of nitrogens with zero attached hydrogens (tertiary/aromatic N) is 2. The maximum absolute atomic E-state index is 12.7. The molecule has 2 aromatic carbocycles. The Bertz CT molecular complexity index is 991. The van der Waals surface area contributed by atoms with Gasteiger partial charge in [-0.3, -0.25) is 0 Å². The predicted molar refractivity (Wildman–Crippen MR) is 99.7 cm³/mol. The largest absolute Gasteiger partial charge is 0.457 e. The van der Waals surface area contributed by atoms with Crippen LogP contribution in [0.4, 0.5) is 0 Å². The summed E-state index contributed by atoms with van der Waals surface area (Å²) in [5.74, 6) is -0.706. The van der Waals surface area contributed by atoms with Crippen LogP contribution in [0.1, 0.15) is 34.3 Å². The van der Waals surface area contributed by atoms with E-state index in [1.165, 1.54) is 22.5 Å². The Balaban J connectivity index is 1.77. The van der Waals surface area contributed by atoms with Crippen molar-refractivity contribution in [2.45, 2.75) is 24.3 Å². The number of ether oxygens (including phenoxy) is 1. The summed E-state index contributed by atoms with van der Waals surface area (Å²) in [6, 6.07) is 12.7. The topological polar surface area (TPSA) is 87.5 Å². The van der Waals surface area contributed by atoms with Gasteiger partial charge < -0.3 is 4.74 Å². The Hall–Kier alpha value is -2.40. The molecule has 3 rings (SSSR count). The molecule has 0 radical (unpaired) electrons. The zero-order valence-corrected chi connectivity index (χ0v) is 16.0. The predicted octanol–water partition coefficient (Wildman–Crippen LogP) is 3.35. The number of benzene rings is 2. The molecule has 0 aliphatic carbocycles. The van der Waals surface area contributed by atoms with Crippen molar-refractivity contribution >= 4 is 27.6 Å². The van der Waals surface area contributed by atoms with Crippen molar-refractivity contribution < 1.29 is 17.9 Å². The number of halogens is 1. The van der Waals surface area contributed by atoms with Gasteiger partial charge in [-0.15, -0.1) is 0 Å². The molecule has 1 aliphatic rings. The third-order valence-electron chi connectivity index (χ3n) is 4.31. The van der Waals surface area contributed by atoms with E-state index in [1.54, 1.807) is 24.3 Å². The fraction of sp³-hybridized carbons (Fsp3) is 0.263. The quantitative estimate of drug-likeness (QED) is 0.713. The minimum Gasteiger partial charge on any atom is -0.457 e. The van der Waals surface area contributed by atoms with Crippen LogP contribution in [0.25, 0.3) is 0 Å². The van der Waals surface area contributed by atoms with Crippen LogP contribution in [0.3, 0.4) is 0 Å². The smallest absolute Gasteiger partial charge is 0.340 e. The van der Waals surface area contributed by atoms with Crippen LogP contribution < -0.4 is 0 Å². The molecule has 140 valence electrons. The van der Waals surface area contributed by atoms with Crippen LogP contribution in [0.15, 0.2) is 47.4 Å². The average molecular weight is 405 g/mol. The SMILES string of the molecule is N#Cc1ccc(COC(=O)c2cc(S(=O)(=O)N3CCCC3)ccc2Cl)cc1. The molecule has 2 aromatic rings. The van der Waals surface area contributed by atoms with E-state index in [0.29, 0.717) is 24.2 Å². The first-order valence-electron chi connectivity index (χ1n) is 8.37. The number of esters is 1. The van der Waals surface area contributed by atoms with Crippen LogP contribution in [0.5, 0.6) is 0 Å². The summed E-state index contributed by atoms with van der Waals surface area (Å²) in [6.45, 7) is 0.941. The number of carbonyl (C=O) groups excluding carboxylic acids is 1. The van der Waals surface area contributed by atoms with E-state index in [2.05, 4.69) is 0 Å². The second-order valence-electron chi connectivity index (χ2n) is 6.14. The van der Waals surface area contributed by atoms with Gasteiger partial charge in [0.1, 0.15) is 6.61 Å². The van der Waals surface area contributed by atoms with Gasteiger partial charge in [0.15, 0.2) is 0 Å². The van der Waals surface area contributed by atoms with Crippen molar-refractivity contribution in [1.29, 1.82) is 5.26 Å². The molecule has 6 nitrogen and oxygen atoms in total. The Labute approximate surface area is 163 Å². The minimum atomic E-state index is -3.65. The summed E-state index contributed by atoms with van der Waals surface area (Å²) in [5.41, 5.74) is 1.22. The molecular weight excluding hydrogens is 388 g/mol. The minimum absolute atomic E-state index is 0.00517. The first-order chi connectivity index (χ1) is 12.9. The van der Waals surface area contributed by atoms with Gasteiger partial charge in [0.2, 0.25) is 10.0 Å². The molecule has 0 bridgehead atoms. The van der Waals surface area contributed by atoms with Crippen molar-refractivity contribution in [3.8, 4) is 6.07 Å². The van der Waals surface area contributed by atoms with Gasteiger partial charge in [0.25, 0.3) is 0 Å². The van der Waals surface area contributed by atoms with E-state index in [4.69, 9.17) is 21.6 Å². The highest BCUT2D eigenvalue weighted by atomic mass is 35.5. The Morgan fingerprint density at radius 2 is 1.81 bits per heavy atom. The van der Waals surface area contributed by atoms with E-state index in [-0.39, 0.29) is 22.1 Å². The molecule has 0 N–H and O–H groups in total. The zero-order valence-electron chi connectivity index (χ0n) is 14.4. The summed E-state index contributed by atoms with van der Waals surface area (Å²) < 4.78 is 32.0. The maximum Gasteiger partial charge on any atom is 0.340 e. The highest BCUT2D eigenvalue weighted by molar-refractivity contribution is 7.89. The van der Waals surface area contributed by atoms with Crippen molar-refractivity contribution in [1.82, 2.24) is 4.31 Å². The number of sulfonamides is 1. The standard InChI is InChI=1S/C19H17ClN2O4S/c20-18-8-7-16(27(24,25)22-9-1-2-10-22)11-17(18)19(23)26-13-15-5-3-14(12-21)4-6-15/h3-8,11H,1-2,9-10,13H2. The molecule has 0 saturated carbocycles. The summed E-state index contributed by atoms with van der Waals surface area (Å²) in [7, 11) is -3.65. The number of rotatable bonds is 5. The maximum atomic E-state index is 12.7. The molecule has 0 aromatic heterocycles. The number of hydrogen-bond acceptors (Lipinski definition) is 5. The lowest BCUT2D eigenvalue weighted by Crippen LogP contribution is -2.28. The Morgan fingerprint density at radius 1 is 1.15 bits per heavy atom. The van der Waals surface area contributed by atoms with E-state index < -0.39 is 16.0 Å². The summed E-state index contributed by atoms with van der Waals surface area (Å²) in [5, 5.41) is 8.92. The molecule has 1 heterocycles. The van der Waals surface area contributed by atoms with Gasteiger partial charge in [-0.25, -0.2) is 13.2 Å². The van der Waals surface area contributed by atoms with Crippen molar-refractivity contribution in [2.24, 2.45) is 0 Å². The van der Waals surface area contributed by atoms with Gasteiger partial charge in [0, 0.05) is 13.1 Å². The fourth-order valence-electron chi connectivity index (χ4n) is 2.80. The van der Waals surface area contributed by atoms with E-state index in [1.807, 2.05) is 6.07 Å². The molecule has 1 saturated heterocycles. The lowest BCUT2D eigenvalue weighted by atomic mass is 10.1. The van der Waals surface area contributed by atoms with Crippen LogP contribution in [0.2, 0.25) is 5.02 Å².